The lowest BCUT2D eigenvalue weighted by Crippen LogP contribution is -2.21. The number of benzene rings is 1. The summed E-state index contributed by atoms with van der Waals surface area (Å²) in [4.78, 5) is 0. The first-order valence-electron chi connectivity index (χ1n) is 5.85. The topological polar surface area (TPSA) is 30.5 Å². The Labute approximate surface area is 112 Å². The second kappa shape index (κ2) is 9.59. The second-order valence-corrected chi connectivity index (χ2v) is 4.69. The van der Waals surface area contributed by atoms with Gasteiger partial charge in [0.25, 0.3) is 0 Å². The van der Waals surface area contributed by atoms with Crippen molar-refractivity contribution in [1.29, 1.82) is 0 Å². The van der Waals surface area contributed by atoms with Gasteiger partial charge in [-0.05, 0) is 30.7 Å². The molecule has 0 aromatic heterocycles. The number of methoxy groups -OCH3 is 1. The van der Waals surface area contributed by atoms with Crippen LogP contribution in [0.2, 0.25) is 0 Å². The first-order valence-corrected chi connectivity index (χ1v) is 6.64. The van der Waals surface area contributed by atoms with E-state index in [9.17, 15) is 0 Å². The van der Waals surface area contributed by atoms with E-state index in [2.05, 4.69) is 33.4 Å². The van der Waals surface area contributed by atoms with Crippen molar-refractivity contribution in [3.8, 4) is 0 Å². The fourth-order valence-corrected chi connectivity index (χ4v) is 1.86. The van der Waals surface area contributed by atoms with E-state index in [-0.39, 0.29) is 0 Å². The van der Waals surface area contributed by atoms with Crippen molar-refractivity contribution < 1.29 is 9.47 Å². The number of ether oxygens (including phenoxy) is 2. The smallest absolute Gasteiger partial charge is 0.0717 e. The average molecular weight is 302 g/mol. The van der Waals surface area contributed by atoms with E-state index >= 15 is 0 Å². The second-order valence-electron chi connectivity index (χ2n) is 3.78. The molecule has 0 aliphatic heterocycles. The zero-order valence-electron chi connectivity index (χ0n) is 10.2. The van der Waals surface area contributed by atoms with Gasteiger partial charge in [0.05, 0.1) is 13.2 Å². The molecule has 17 heavy (non-hydrogen) atoms. The van der Waals surface area contributed by atoms with Crippen LogP contribution in [-0.2, 0) is 16.1 Å². The summed E-state index contributed by atoms with van der Waals surface area (Å²) >= 11 is 3.44. The molecule has 1 N–H and O–H groups in total. The molecular weight excluding hydrogens is 282 g/mol. The number of nitrogens with one attached hydrogen (secondary N) is 1. The quantitative estimate of drug-likeness (QED) is 0.711. The van der Waals surface area contributed by atoms with Crippen LogP contribution in [0, 0.1) is 0 Å². The SMILES string of the molecule is COCCNCCCOCc1cccc(Br)c1. The molecule has 0 saturated carbocycles. The van der Waals surface area contributed by atoms with Gasteiger partial charge in [0.15, 0.2) is 0 Å². The van der Waals surface area contributed by atoms with Gasteiger partial charge in [-0.3, -0.25) is 0 Å². The number of hydrogen-bond acceptors (Lipinski definition) is 3. The van der Waals surface area contributed by atoms with Crippen LogP contribution in [0.3, 0.4) is 0 Å². The third kappa shape index (κ3) is 7.49. The third-order valence-corrected chi connectivity index (χ3v) is 2.78. The van der Waals surface area contributed by atoms with Gasteiger partial charge in [0, 0.05) is 24.7 Å². The molecule has 0 spiro atoms. The lowest BCUT2D eigenvalue weighted by atomic mass is 10.2. The molecule has 0 fully saturated rings. The molecule has 0 aliphatic carbocycles. The first kappa shape index (κ1) is 14.6. The summed E-state index contributed by atoms with van der Waals surface area (Å²) in [5, 5.41) is 3.28. The van der Waals surface area contributed by atoms with Crippen LogP contribution in [0.15, 0.2) is 28.7 Å². The minimum absolute atomic E-state index is 0.678. The predicted molar refractivity (Wildman–Crippen MR) is 73.2 cm³/mol. The molecule has 0 aliphatic rings. The maximum atomic E-state index is 5.59. The summed E-state index contributed by atoms with van der Waals surface area (Å²) in [6, 6.07) is 8.19. The lowest BCUT2D eigenvalue weighted by Gasteiger charge is -2.06. The Kier molecular flexibility index (Phi) is 8.26. The molecule has 0 amide bonds. The van der Waals surface area contributed by atoms with Crippen molar-refractivity contribution >= 4 is 15.9 Å². The van der Waals surface area contributed by atoms with E-state index < -0.39 is 0 Å². The lowest BCUT2D eigenvalue weighted by molar-refractivity contribution is 0.117. The van der Waals surface area contributed by atoms with Gasteiger partial charge < -0.3 is 14.8 Å². The Balaban J connectivity index is 1.97. The van der Waals surface area contributed by atoms with Gasteiger partial charge in [-0.15, -0.1) is 0 Å². The Morgan fingerprint density at radius 1 is 1.24 bits per heavy atom. The number of rotatable bonds is 9. The molecule has 4 heteroatoms. The van der Waals surface area contributed by atoms with E-state index in [0.29, 0.717) is 6.61 Å². The molecule has 0 bridgehead atoms. The molecule has 0 saturated heterocycles. The van der Waals surface area contributed by atoms with Gasteiger partial charge in [0.1, 0.15) is 0 Å². The fraction of sp³-hybridized carbons (Fsp3) is 0.538. The van der Waals surface area contributed by atoms with Crippen molar-refractivity contribution in [2.24, 2.45) is 0 Å². The molecule has 0 radical (unpaired) electrons. The summed E-state index contributed by atoms with van der Waals surface area (Å²) in [6.07, 6.45) is 1.03. The standard InChI is InChI=1S/C13H20BrNO2/c1-16-9-7-15-6-3-8-17-11-12-4-2-5-13(14)10-12/h2,4-5,10,15H,3,6-9,11H2,1H3. The summed E-state index contributed by atoms with van der Waals surface area (Å²) in [5.41, 5.74) is 1.20. The first-order chi connectivity index (χ1) is 8.33. The highest BCUT2D eigenvalue weighted by molar-refractivity contribution is 9.10. The van der Waals surface area contributed by atoms with Crippen molar-refractivity contribution in [2.75, 3.05) is 33.4 Å². The maximum Gasteiger partial charge on any atom is 0.0717 e. The van der Waals surface area contributed by atoms with Crippen molar-refractivity contribution in [3.63, 3.8) is 0 Å². The molecule has 1 rings (SSSR count). The largest absolute Gasteiger partial charge is 0.383 e. The molecule has 0 atom stereocenters. The van der Waals surface area contributed by atoms with Crippen LogP contribution in [0.1, 0.15) is 12.0 Å². The van der Waals surface area contributed by atoms with E-state index in [1.165, 1.54) is 5.56 Å². The molecule has 1 aromatic rings. The number of hydrogen-bond donors (Lipinski definition) is 1. The Bertz CT molecular complexity index is 307. The van der Waals surface area contributed by atoms with Crippen molar-refractivity contribution in [3.05, 3.63) is 34.3 Å². The highest BCUT2D eigenvalue weighted by Crippen LogP contribution is 2.12. The molecule has 96 valence electrons. The summed E-state index contributed by atoms with van der Waals surface area (Å²) in [5.74, 6) is 0. The molecular formula is C13H20BrNO2. The van der Waals surface area contributed by atoms with E-state index in [0.717, 1.165) is 37.2 Å². The normalized spacial score (nSPS) is 10.7. The maximum absolute atomic E-state index is 5.59. The van der Waals surface area contributed by atoms with Gasteiger partial charge in [0.2, 0.25) is 0 Å². The van der Waals surface area contributed by atoms with Crippen LogP contribution >= 0.6 is 15.9 Å². The Morgan fingerprint density at radius 2 is 2.12 bits per heavy atom. The monoisotopic (exact) mass is 301 g/mol. The van der Waals surface area contributed by atoms with Crippen molar-refractivity contribution in [1.82, 2.24) is 5.32 Å². The van der Waals surface area contributed by atoms with Crippen molar-refractivity contribution in [2.45, 2.75) is 13.0 Å². The Morgan fingerprint density at radius 3 is 2.88 bits per heavy atom. The van der Waals surface area contributed by atoms with Gasteiger partial charge in [-0.1, -0.05) is 28.1 Å². The molecule has 1 aromatic carbocycles. The number of halogens is 1. The average Bonchev–Trinajstić information content (AvgIpc) is 2.33. The highest BCUT2D eigenvalue weighted by Gasteiger charge is 1.94. The van der Waals surface area contributed by atoms with Crippen LogP contribution in [0.4, 0.5) is 0 Å². The minimum atomic E-state index is 0.678. The van der Waals surface area contributed by atoms with E-state index in [1.807, 2.05) is 12.1 Å². The summed E-state index contributed by atoms with van der Waals surface area (Å²) < 4.78 is 11.6. The van der Waals surface area contributed by atoms with Crippen LogP contribution in [0.25, 0.3) is 0 Å². The molecule has 3 nitrogen and oxygen atoms in total. The van der Waals surface area contributed by atoms with Crippen LogP contribution < -0.4 is 5.32 Å². The summed E-state index contributed by atoms with van der Waals surface area (Å²) in [7, 11) is 1.71. The summed E-state index contributed by atoms with van der Waals surface area (Å²) in [6.45, 7) is 4.10. The highest BCUT2D eigenvalue weighted by atomic mass is 79.9. The van der Waals surface area contributed by atoms with Crippen LogP contribution in [-0.4, -0.2) is 33.4 Å². The molecule has 0 unspecified atom stereocenters. The third-order valence-electron chi connectivity index (χ3n) is 2.28. The van der Waals surface area contributed by atoms with Gasteiger partial charge in [-0.25, -0.2) is 0 Å². The van der Waals surface area contributed by atoms with Crippen LogP contribution in [0.5, 0.6) is 0 Å². The zero-order valence-corrected chi connectivity index (χ0v) is 11.8. The molecule has 0 heterocycles. The van der Waals surface area contributed by atoms with Gasteiger partial charge in [-0.2, -0.15) is 0 Å². The minimum Gasteiger partial charge on any atom is -0.383 e. The van der Waals surface area contributed by atoms with Gasteiger partial charge >= 0.3 is 0 Å². The Hall–Kier alpha value is -0.420. The van der Waals surface area contributed by atoms with E-state index in [4.69, 9.17) is 9.47 Å². The fourth-order valence-electron chi connectivity index (χ4n) is 1.42. The predicted octanol–water partition coefficient (Wildman–Crippen LogP) is 2.59. The van der Waals surface area contributed by atoms with E-state index in [1.54, 1.807) is 7.11 Å². The zero-order chi connectivity index (χ0) is 12.3.